The molecule has 0 radical (unpaired) electrons. The average Bonchev–Trinajstić information content (AvgIpc) is 3.09. The summed E-state index contributed by atoms with van der Waals surface area (Å²) in [6.07, 6.45) is 1.98. The van der Waals surface area contributed by atoms with Gasteiger partial charge in [-0.15, -0.1) is 0 Å². The molecule has 3 aromatic rings. The molecule has 3 N–H and O–H groups in total. The summed E-state index contributed by atoms with van der Waals surface area (Å²) in [5.41, 5.74) is 7.23. The molecule has 28 heavy (non-hydrogen) atoms. The van der Waals surface area contributed by atoms with Gasteiger partial charge >= 0.3 is 0 Å². The molecule has 0 saturated carbocycles. The van der Waals surface area contributed by atoms with E-state index in [1.807, 2.05) is 22.9 Å². The molecule has 146 valence electrons. The lowest BCUT2D eigenvalue weighted by Crippen LogP contribution is -2.15. The number of anilines is 1. The molecular formula is C20H22N4O4. The number of nitrogens with zero attached hydrogens (tertiary/aromatic N) is 2. The van der Waals surface area contributed by atoms with Crippen molar-refractivity contribution in [3.63, 3.8) is 0 Å². The van der Waals surface area contributed by atoms with Gasteiger partial charge in [0.1, 0.15) is 5.75 Å². The first-order chi connectivity index (χ1) is 13.6. The van der Waals surface area contributed by atoms with E-state index in [1.165, 1.54) is 0 Å². The Morgan fingerprint density at radius 2 is 1.93 bits per heavy atom. The van der Waals surface area contributed by atoms with Gasteiger partial charge in [-0.05, 0) is 42.5 Å². The summed E-state index contributed by atoms with van der Waals surface area (Å²) >= 11 is 0. The SMILES string of the molecule is COCCn1ncc2ccc(NC(=O)CCOc3ccc(C(N)=O)cc3)cc21. The van der Waals surface area contributed by atoms with E-state index in [2.05, 4.69) is 10.4 Å². The molecule has 8 heteroatoms. The van der Waals surface area contributed by atoms with Crippen LogP contribution in [0.4, 0.5) is 5.69 Å². The van der Waals surface area contributed by atoms with Crippen molar-refractivity contribution in [2.45, 2.75) is 13.0 Å². The van der Waals surface area contributed by atoms with Crippen LogP contribution in [-0.2, 0) is 16.1 Å². The fourth-order valence-electron chi connectivity index (χ4n) is 2.70. The Hall–Kier alpha value is -3.39. The van der Waals surface area contributed by atoms with Crippen LogP contribution in [0, 0.1) is 0 Å². The molecule has 0 aliphatic carbocycles. The number of fused-ring (bicyclic) bond motifs is 1. The summed E-state index contributed by atoms with van der Waals surface area (Å²) in [4.78, 5) is 23.2. The van der Waals surface area contributed by atoms with Crippen molar-refractivity contribution in [2.75, 3.05) is 25.6 Å². The Bertz CT molecular complexity index is 966. The fourth-order valence-corrected chi connectivity index (χ4v) is 2.70. The third-order valence-electron chi connectivity index (χ3n) is 4.17. The van der Waals surface area contributed by atoms with Crippen LogP contribution < -0.4 is 15.8 Å². The highest BCUT2D eigenvalue weighted by Gasteiger charge is 2.07. The Morgan fingerprint density at radius 3 is 2.64 bits per heavy atom. The molecule has 0 saturated heterocycles. The van der Waals surface area contributed by atoms with Gasteiger partial charge in [0.2, 0.25) is 11.8 Å². The normalized spacial score (nSPS) is 10.8. The maximum absolute atomic E-state index is 12.2. The van der Waals surface area contributed by atoms with Crippen molar-refractivity contribution in [3.8, 4) is 5.75 Å². The largest absolute Gasteiger partial charge is 0.493 e. The lowest BCUT2D eigenvalue weighted by atomic mass is 10.2. The number of hydrogen-bond acceptors (Lipinski definition) is 5. The van der Waals surface area contributed by atoms with E-state index in [-0.39, 0.29) is 18.9 Å². The number of primary amides is 1. The third-order valence-corrected chi connectivity index (χ3v) is 4.17. The van der Waals surface area contributed by atoms with Gasteiger partial charge in [0.25, 0.3) is 0 Å². The molecule has 0 aliphatic heterocycles. The minimum Gasteiger partial charge on any atom is -0.493 e. The maximum atomic E-state index is 12.2. The molecule has 1 aromatic heterocycles. The van der Waals surface area contributed by atoms with Gasteiger partial charge in [0.15, 0.2) is 0 Å². The number of rotatable bonds is 9. The van der Waals surface area contributed by atoms with Gasteiger partial charge in [-0.3, -0.25) is 14.3 Å². The maximum Gasteiger partial charge on any atom is 0.248 e. The monoisotopic (exact) mass is 382 g/mol. The zero-order valence-corrected chi connectivity index (χ0v) is 15.6. The van der Waals surface area contributed by atoms with Gasteiger partial charge in [-0.1, -0.05) is 0 Å². The number of amides is 2. The number of nitrogens with one attached hydrogen (secondary N) is 1. The first-order valence-corrected chi connectivity index (χ1v) is 8.84. The molecule has 0 bridgehead atoms. The van der Waals surface area contributed by atoms with E-state index in [1.54, 1.807) is 37.6 Å². The number of methoxy groups -OCH3 is 1. The first-order valence-electron chi connectivity index (χ1n) is 8.84. The Morgan fingerprint density at radius 1 is 1.14 bits per heavy atom. The topological polar surface area (TPSA) is 108 Å². The van der Waals surface area contributed by atoms with Crippen LogP contribution in [0.15, 0.2) is 48.7 Å². The molecule has 3 rings (SSSR count). The smallest absolute Gasteiger partial charge is 0.248 e. The summed E-state index contributed by atoms with van der Waals surface area (Å²) in [5.74, 6) is -0.0798. The van der Waals surface area contributed by atoms with Crippen LogP contribution in [0.3, 0.4) is 0 Å². The second kappa shape index (κ2) is 9.01. The number of benzene rings is 2. The number of carbonyl (C=O) groups is 2. The molecule has 0 fully saturated rings. The molecule has 2 aromatic carbocycles. The molecule has 0 spiro atoms. The van der Waals surface area contributed by atoms with Crippen molar-refractivity contribution in [1.82, 2.24) is 9.78 Å². The molecule has 1 heterocycles. The van der Waals surface area contributed by atoms with Crippen LogP contribution in [0.25, 0.3) is 10.9 Å². The van der Waals surface area contributed by atoms with E-state index in [0.717, 1.165) is 10.9 Å². The predicted molar refractivity (Wildman–Crippen MR) is 105 cm³/mol. The zero-order valence-electron chi connectivity index (χ0n) is 15.6. The van der Waals surface area contributed by atoms with Crippen molar-refractivity contribution in [1.29, 1.82) is 0 Å². The molecule has 0 atom stereocenters. The highest BCUT2D eigenvalue weighted by molar-refractivity contribution is 5.94. The van der Waals surface area contributed by atoms with Crippen LogP contribution in [0.2, 0.25) is 0 Å². The molecule has 0 aliphatic rings. The van der Waals surface area contributed by atoms with E-state index < -0.39 is 5.91 Å². The number of hydrogen-bond donors (Lipinski definition) is 2. The van der Waals surface area contributed by atoms with Gasteiger partial charge in [-0.25, -0.2) is 0 Å². The van der Waals surface area contributed by atoms with Crippen molar-refractivity contribution >= 4 is 28.4 Å². The van der Waals surface area contributed by atoms with E-state index in [4.69, 9.17) is 15.2 Å². The summed E-state index contributed by atoms with van der Waals surface area (Å²) in [7, 11) is 1.64. The zero-order chi connectivity index (χ0) is 19.9. The molecular weight excluding hydrogens is 360 g/mol. The molecule has 2 amide bonds. The van der Waals surface area contributed by atoms with Crippen molar-refractivity contribution < 1.29 is 19.1 Å². The standard InChI is InChI=1S/C20H22N4O4/c1-27-11-9-24-18-12-16(5-2-15(18)13-22-24)23-19(25)8-10-28-17-6-3-14(4-7-17)20(21)26/h2-7,12-13H,8-11H2,1H3,(H2,21,26)(H,23,25). The third kappa shape index (κ3) is 4.86. The molecule has 0 unspecified atom stereocenters. The Labute approximate surface area is 162 Å². The van der Waals surface area contributed by atoms with Crippen LogP contribution in [0.1, 0.15) is 16.8 Å². The van der Waals surface area contributed by atoms with Gasteiger partial charge in [0.05, 0.1) is 37.9 Å². The van der Waals surface area contributed by atoms with Crippen molar-refractivity contribution in [2.24, 2.45) is 5.73 Å². The summed E-state index contributed by atoms with van der Waals surface area (Å²) in [5, 5.41) is 8.19. The lowest BCUT2D eigenvalue weighted by Gasteiger charge is -2.09. The highest BCUT2D eigenvalue weighted by Crippen LogP contribution is 2.19. The number of ether oxygens (including phenoxy) is 2. The minimum atomic E-state index is -0.494. The number of aromatic nitrogens is 2. The van der Waals surface area contributed by atoms with E-state index in [9.17, 15) is 9.59 Å². The summed E-state index contributed by atoms with van der Waals surface area (Å²) < 4.78 is 12.5. The predicted octanol–water partition coefficient (Wildman–Crippen LogP) is 2.19. The summed E-state index contributed by atoms with van der Waals surface area (Å²) in [6.45, 7) is 1.42. The minimum absolute atomic E-state index is 0.156. The van der Waals surface area contributed by atoms with Gasteiger partial charge in [-0.2, -0.15) is 5.10 Å². The molecule has 8 nitrogen and oxygen atoms in total. The Kier molecular flexibility index (Phi) is 6.23. The second-order valence-corrected chi connectivity index (χ2v) is 6.17. The summed E-state index contributed by atoms with van der Waals surface area (Å²) in [6, 6.07) is 12.1. The number of carbonyl (C=O) groups excluding carboxylic acids is 2. The average molecular weight is 382 g/mol. The first kappa shape index (κ1) is 19.4. The van der Waals surface area contributed by atoms with Crippen LogP contribution in [-0.4, -0.2) is 41.9 Å². The lowest BCUT2D eigenvalue weighted by molar-refractivity contribution is -0.116. The van der Waals surface area contributed by atoms with Crippen molar-refractivity contribution in [3.05, 3.63) is 54.2 Å². The quantitative estimate of drug-likeness (QED) is 0.590. The Balaban J connectivity index is 1.53. The number of nitrogens with two attached hydrogens (primary N) is 1. The fraction of sp³-hybridized carbons (Fsp3) is 0.250. The van der Waals surface area contributed by atoms with Crippen LogP contribution >= 0.6 is 0 Å². The van der Waals surface area contributed by atoms with Gasteiger partial charge < -0.3 is 20.5 Å². The van der Waals surface area contributed by atoms with Crippen LogP contribution in [0.5, 0.6) is 5.75 Å². The highest BCUT2D eigenvalue weighted by atomic mass is 16.5. The van der Waals surface area contributed by atoms with E-state index in [0.29, 0.717) is 30.2 Å². The van der Waals surface area contributed by atoms with Gasteiger partial charge in [0, 0.05) is 23.7 Å². The second-order valence-electron chi connectivity index (χ2n) is 6.17. The van der Waals surface area contributed by atoms with E-state index >= 15 is 0 Å².